The first-order valence-electron chi connectivity index (χ1n) is 7.30. The predicted molar refractivity (Wildman–Crippen MR) is 78.2 cm³/mol. The summed E-state index contributed by atoms with van der Waals surface area (Å²) >= 11 is 0. The van der Waals surface area contributed by atoms with Gasteiger partial charge in [0.1, 0.15) is 18.5 Å². The zero-order chi connectivity index (χ0) is 14.4. The highest BCUT2D eigenvalue weighted by Gasteiger charge is 2.16. The quantitative estimate of drug-likeness (QED) is 0.809. The number of piperidine rings is 1. The van der Waals surface area contributed by atoms with E-state index in [1.807, 2.05) is 12.1 Å². The summed E-state index contributed by atoms with van der Waals surface area (Å²) in [5, 5.41) is 10.0. The number of hydrogen-bond acceptors (Lipinski definition) is 4. The maximum absolute atomic E-state index is 11.5. The van der Waals surface area contributed by atoms with Crippen molar-refractivity contribution in [3.05, 3.63) is 29.8 Å². The first kappa shape index (κ1) is 15.0. The number of carbonyl (C=O) groups is 1. The summed E-state index contributed by atoms with van der Waals surface area (Å²) in [4.78, 5) is 13.7. The zero-order valence-electron chi connectivity index (χ0n) is 12.0. The van der Waals surface area contributed by atoms with Crippen LogP contribution in [0.15, 0.2) is 24.3 Å². The number of ether oxygens (including phenoxy) is 1. The van der Waals surface area contributed by atoms with Crippen LogP contribution in [0.2, 0.25) is 0 Å². The van der Waals surface area contributed by atoms with Gasteiger partial charge >= 0.3 is 0 Å². The second kappa shape index (κ2) is 7.41. The fourth-order valence-corrected chi connectivity index (χ4v) is 2.56. The van der Waals surface area contributed by atoms with E-state index in [0.29, 0.717) is 17.9 Å². The Morgan fingerprint density at radius 2 is 2.00 bits per heavy atom. The van der Waals surface area contributed by atoms with E-state index in [2.05, 4.69) is 4.90 Å². The Labute approximate surface area is 120 Å². The number of β-amino-alcohol motifs (C(OH)–C–C–N with tert-alkyl or cyclic N) is 1. The summed E-state index contributed by atoms with van der Waals surface area (Å²) < 4.78 is 5.60. The van der Waals surface area contributed by atoms with Gasteiger partial charge in [0.25, 0.3) is 0 Å². The lowest BCUT2D eigenvalue weighted by atomic mass is 10.1. The molecular formula is C16H23NO3. The van der Waals surface area contributed by atoms with Crippen molar-refractivity contribution in [3.63, 3.8) is 0 Å². The first-order valence-corrected chi connectivity index (χ1v) is 7.30. The minimum absolute atomic E-state index is 0.0221. The second-order valence-corrected chi connectivity index (χ2v) is 5.38. The Hall–Kier alpha value is -1.39. The molecule has 0 amide bonds. The lowest BCUT2D eigenvalue weighted by Gasteiger charge is -2.28. The van der Waals surface area contributed by atoms with Crippen LogP contribution in [0.5, 0.6) is 5.75 Å². The minimum atomic E-state index is -0.520. The summed E-state index contributed by atoms with van der Waals surface area (Å²) in [6, 6.07) is 7.16. The molecule has 2 rings (SSSR count). The standard InChI is InChI=1S/C16H23NO3/c1-13(18)15-7-3-4-8-16(15)20-12-14(19)11-17-9-5-2-6-10-17/h3-4,7-8,14,19H,2,5-6,9-12H2,1H3. The number of carbonyl (C=O) groups excluding carboxylic acids is 1. The summed E-state index contributed by atoms with van der Waals surface area (Å²) in [5.41, 5.74) is 0.567. The molecular weight excluding hydrogens is 254 g/mol. The molecule has 20 heavy (non-hydrogen) atoms. The van der Waals surface area contributed by atoms with Gasteiger partial charge in [-0.3, -0.25) is 4.79 Å². The fourth-order valence-electron chi connectivity index (χ4n) is 2.56. The van der Waals surface area contributed by atoms with Crippen LogP contribution >= 0.6 is 0 Å². The Kier molecular flexibility index (Phi) is 5.56. The first-order chi connectivity index (χ1) is 9.66. The third-order valence-electron chi connectivity index (χ3n) is 3.62. The van der Waals surface area contributed by atoms with Crippen molar-refractivity contribution in [2.75, 3.05) is 26.2 Å². The molecule has 0 spiro atoms. The average molecular weight is 277 g/mol. The van der Waals surface area contributed by atoms with Gasteiger partial charge in [-0.1, -0.05) is 18.6 Å². The minimum Gasteiger partial charge on any atom is -0.490 e. The van der Waals surface area contributed by atoms with Crippen molar-refractivity contribution in [3.8, 4) is 5.75 Å². The molecule has 0 saturated carbocycles. The van der Waals surface area contributed by atoms with Crippen molar-refractivity contribution < 1.29 is 14.6 Å². The van der Waals surface area contributed by atoms with Gasteiger partial charge in [-0.25, -0.2) is 0 Å². The molecule has 1 aliphatic rings. The number of hydrogen-bond donors (Lipinski definition) is 1. The summed E-state index contributed by atoms with van der Waals surface area (Å²) in [7, 11) is 0. The Bertz CT molecular complexity index is 441. The van der Waals surface area contributed by atoms with E-state index in [0.717, 1.165) is 13.1 Å². The van der Waals surface area contributed by atoms with Crippen molar-refractivity contribution in [1.29, 1.82) is 0 Å². The number of likely N-dealkylation sites (tertiary alicyclic amines) is 1. The molecule has 1 N–H and O–H groups in total. The summed E-state index contributed by atoms with van der Waals surface area (Å²) in [5.74, 6) is 0.531. The third kappa shape index (κ3) is 4.32. The van der Waals surface area contributed by atoms with Gasteiger partial charge in [-0.15, -0.1) is 0 Å². The van der Waals surface area contributed by atoms with E-state index < -0.39 is 6.10 Å². The van der Waals surface area contributed by atoms with Gasteiger partial charge in [0.2, 0.25) is 0 Å². The molecule has 4 heteroatoms. The summed E-state index contributed by atoms with van der Waals surface area (Å²) in [6.45, 7) is 4.50. The Balaban J connectivity index is 1.83. The number of benzene rings is 1. The maximum Gasteiger partial charge on any atom is 0.163 e. The molecule has 1 fully saturated rings. The number of Topliss-reactive ketones (excluding diaryl/α,β-unsaturated/α-hetero) is 1. The lowest BCUT2D eigenvalue weighted by Crippen LogP contribution is -2.38. The number of nitrogens with zero attached hydrogens (tertiary/aromatic N) is 1. The van der Waals surface area contributed by atoms with E-state index in [9.17, 15) is 9.90 Å². The third-order valence-corrected chi connectivity index (χ3v) is 3.62. The number of para-hydroxylation sites is 1. The van der Waals surface area contributed by atoms with Crippen LogP contribution in [0.1, 0.15) is 36.5 Å². The van der Waals surface area contributed by atoms with Gasteiger partial charge in [0, 0.05) is 6.54 Å². The number of rotatable bonds is 6. The van der Waals surface area contributed by atoms with Gasteiger partial charge in [-0.2, -0.15) is 0 Å². The van der Waals surface area contributed by atoms with Crippen LogP contribution in [-0.2, 0) is 0 Å². The molecule has 0 aromatic heterocycles. The van der Waals surface area contributed by atoms with Crippen LogP contribution < -0.4 is 4.74 Å². The van der Waals surface area contributed by atoms with Crippen molar-refractivity contribution >= 4 is 5.78 Å². The molecule has 0 radical (unpaired) electrons. The maximum atomic E-state index is 11.5. The zero-order valence-corrected chi connectivity index (χ0v) is 12.0. The molecule has 4 nitrogen and oxygen atoms in total. The average Bonchev–Trinajstić information content (AvgIpc) is 2.46. The monoisotopic (exact) mass is 277 g/mol. The van der Waals surface area contributed by atoms with Gasteiger partial charge in [0.15, 0.2) is 5.78 Å². The van der Waals surface area contributed by atoms with Crippen molar-refractivity contribution in [2.45, 2.75) is 32.3 Å². The molecule has 1 heterocycles. The van der Waals surface area contributed by atoms with Crippen LogP contribution in [-0.4, -0.2) is 48.1 Å². The number of ketones is 1. The second-order valence-electron chi connectivity index (χ2n) is 5.38. The molecule has 1 saturated heterocycles. The van der Waals surface area contributed by atoms with Crippen LogP contribution in [0.25, 0.3) is 0 Å². The van der Waals surface area contributed by atoms with E-state index in [1.54, 1.807) is 12.1 Å². The molecule has 0 aliphatic carbocycles. The van der Waals surface area contributed by atoms with Gasteiger partial charge in [-0.05, 0) is 45.0 Å². The topological polar surface area (TPSA) is 49.8 Å². The highest BCUT2D eigenvalue weighted by Crippen LogP contribution is 2.18. The molecule has 1 aromatic rings. The van der Waals surface area contributed by atoms with Gasteiger partial charge in [0.05, 0.1) is 5.56 Å². The predicted octanol–water partition coefficient (Wildman–Crippen LogP) is 2.11. The fraction of sp³-hybridized carbons (Fsp3) is 0.562. The highest BCUT2D eigenvalue weighted by atomic mass is 16.5. The van der Waals surface area contributed by atoms with E-state index >= 15 is 0 Å². The molecule has 1 aliphatic heterocycles. The number of aliphatic hydroxyl groups excluding tert-OH is 1. The largest absolute Gasteiger partial charge is 0.490 e. The molecule has 110 valence electrons. The normalized spacial score (nSPS) is 17.7. The molecule has 1 atom stereocenters. The smallest absolute Gasteiger partial charge is 0.163 e. The van der Waals surface area contributed by atoms with E-state index in [4.69, 9.17) is 4.74 Å². The number of aliphatic hydroxyl groups is 1. The highest BCUT2D eigenvalue weighted by molar-refractivity contribution is 5.96. The lowest BCUT2D eigenvalue weighted by molar-refractivity contribution is 0.0611. The Morgan fingerprint density at radius 3 is 2.70 bits per heavy atom. The molecule has 0 bridgehead atoms. The molecule has 1 aromatic carbocycles. The molecule has 1 unspecified atom stereocenters. The van der Waals surface area contributed by atoms with Crippen LogP contribution in [0, 0.1) is 0 Å². The van der Waals surface area contributed by atoms with Crippen molar-refractivity contribution in [1.82, 2.24) is 4.90 Å². The Morgan fingerprint density at radius 1 is 1.30 bits per heavy atom. The SMILES string of the molecule is CC(=O)c1ccccc1OCC(O)CN1CCCCC1. The van der Waals surface area contributed by atoms with Crippen LogP contribution in [0.3, 0.4) is 0 Å². The summed E-state index contributed by atoms with van der Waals surface area (Å²) in [6.07, 6.45) is 3.18. The van der Waals surface area contributed by atoms with E-state index in [1.165, 1.54) is 26.2 Å². The van der Waals surface area contributed by atoms with E-state index in [-0.39, 0.29) is 12.4 Å². The van der Waals surface area contributed by atoms with Crippen LogP contribution in [0.4, 0.5) is 0 Å². The van der Waals surface area contributed by atoms with Gasteiger partial charge < -0.3 is 14.7 Å². The van der Waals surface area contributed by atoms with Crippen molar-refractivity contribution in [2.24, 2.45) is 0 Å².